The molecule has 0 rings (SSSR count). The number of ether oxygens (including phenoxy) is 8. The summed E-state index contributed by atoms with van der Waals surface area (Å²) in [7, 11) is 0. The summed E-state index contributed by atoms with van der Waals surface area (Å²) in [5, 5.41) is 10.9. The number of carboxylic acids is 1. The standard InChI is InChI=1S/C22H39NO12/c1-19(2)22(27)35-16-15-33-14-13-32-12-11-31-10-9-30-8-7-29-6-5-28-4-3-23-20(24)17-34-18-21(25)26/h1,3-18H2,2H3,(H,23,24)(H,25,26). The van der Waals surface area contributed by atoms with Crippen LogP contribution in [0.1, 0.15) is 6.92 Å². The van der Waals surface area contributed by atoms with Crippen LogP contribution in [-0.4, -0.2) is 129 Å². The van der Waals surface area contributed by atoms with Crippen molar-refractivity contribution in [1.29, 1.82) is 0 Å². The molecule has 0 radical (unpaired) electrons. The van der Waals surface area contributed by atoms with E-state index in [-0.39, 0.29) is 13.2 Å². The van der Waals surface area contributed by atoms with E-state index >= 15 is 0 Å². The molecule has 2 N–H and O–H groups in total. The number of amides is 1. The molecule has 0 atom stereocenters. The molecule has 0 saturated carbocycles. The lowest BCUT2D eigenvalue weighted by Gasteiger charge is -2.09. The van der Waals surface area contributed by atoms with Crippen LogP contribution in [0, 0.1) is 0 Å². The van der Waals surface area contributed by atoms with Gasteiger partial charge < -0.3 is 48.3 Å². The first-order valence-electron chi connectivity index (χ1n) is 11.3. The van der Waals surface area contributed by atoms with Crippen LogP contribution in [0.15, 0.2) is 12.2 Å². The summed E-state index contributed by atoms with van der Waals surface area (Å²) in [5.41, 5.74) is 0.358. The fourth-order valence-corrected chi connectivity index (χ4v) is 2.06. The molecule has 0 spiro atoms. The molecular formula is C22H39NO12. The minimum atomic E-state index is -1.13. The van der Waals surface area contributed by atoms with Crippen molar-refractivity contribution >= 4 is 17.8 Å². The molecule has 0 aliphatic carbocycles. The quantitative estimate of drug-likeness (QED) is 0.0870. The molecule has 0 aromatic rings. The third kappa shape index (κ3) is 26.3. The van der Waals surface area contributed by atoms with Gasteiger partial charge in [0.2, 0.25) is 5.91 Å². The van der Waals surface area contributed by atoms with Gasteiger partial charge in [0.25, 0.3) is 0 Å². The number of carbonyl (C=O) groups is 3. The number of rotatable bonds is 26. The Balaban J connectivity index is 3.15. The van der Waals surface area contributed by atoms with Crippen molar-refractivity contribution in [3.63, 3.8) is 0 Å². The average Bonchev–Trinajstić information content (AvgIpc) is 2.81. The Kier molecular flexibility index (Phi) is 23.5. The summed E-state index contributed by atoms with van der Waals surface area (Å²) in [6, 6.07) is 0. The number of carbonyl (C=O) groups excluding carboxylic acids is 2. The summed E-state index contributed by atoms with van der Waals surface area (Å²) in [5.74, 6) is -1.95. The molecule has 0 heterocycles. The highest BCUT2D eigenvalue weighted by Gasteiger charge is 2.03. The Labute approximate surface area is 205 Å². The topological polar surface area (TPSA) is 157 Å². The van der Waals surface area contributed by atoms with Crippen LogP contribution < -0.4 is 5.32 Å². The maximum Gasteiger partial charge on any atom is 0.333 e. The normalized spacial score (nSPS) is 10.8. The third-order valence-electron chi connectivity index (χ3n) is 3.70. The Hall–Kier alpha value is -2.13. The van der Waals surface area contributed by atoms with Crippen LogP contribution in [-0.2, 0) is 52.3 Å². The Morgan fingerprint density at radius 1 is 0.629 bits per heavy atom. The van der Waals surface area contributed by atoms with E-state index in [0.717, 1.165) is 0 Å². The molecule has 0 aliphatic heterocycles. The van der Waals surface area contributed by atoms with Crippen molar-refractivity contribution in [2.75, 3.05) is 106 Å². The molecule has 35 heavy (non-hydrogen) atoms. The predicted molar refractivity (Wildman–Crippen MR) is 122 cm³/mol. The van der Waals surface area contributed by atoms with Crippen molar-refractivity contribution in [3.8, 4) is 0 Å². The van der Waals surface area contributed by atoms with Crippen molar-refractivity contribution in [2.24, 2.45) is 0 Å². The largest absolute Gasteiger partial charge is 0.480 e. The van der Waals surface area contributed by atoms with Gasteiger partial charge >= 0.3 is 11.9 Å². The zero-order chi connectivity index (χ0) is 26.0. The average molecular weight is 510 g/mol. The molecule has 0 aromatic heterocycles. The highest BCUT2D eigenvalue weighted by atomic mass is 16.6. The second-order valence-corrected chi connectivity index (χ2v) is 6.83. The summed E-state index contributed by atoms with van der Waals surface area (Å²) < 4.78 is 41.6. The molecule has 13 nitrogen and oxygen atoms in total. The molecule has 1 amide bonds. The maximum atomic E-state index is 11.3. The first kappa shape index (κ1) is 32.9. The van der Waals surface area contributed by atoms with Gasteiger partial charge in [-0.3, -0.25) is 4.79 Å². The van der Waals surface area contributed by atoms with Crippen molar-refractivity contribution in [1.82, 2.24) is 5.32 Å². The lowest BCUT2D eigenvalue weighted by Crippen LogP contribution is -2.31. The minimum Gasteiger partial charge on any atom is -0.480 e. The zero-order valence-corrected chi connectivity index (χ0v) is 20.5. The minimum absolute atomic E-state index is 0.185. The van der Waals surface area contributed by atoms with Crippen LogP contribution in [0.2, 0.25) is 0 Å². The Morgan fingerprint density at radius 2 is 1.03 bits per heavy atom. The van der Waals surface area contributed by atoms with Gasteiger partial charge in [0.1, 0.15) is 19.8 Å². The molecule has 0 unspecified atom stereocenters. The highest BCUT2D eigenvalue weighted by Crippen LogP contribution is 1.91. The van der Waals surface area contributed by atoms with E-state index in [9.17, 15) is 14.4 Å². The first-order valence-corrected chi connectivity index (χ1v) is 11.3. The van der Waals surface area contributed by atoms with Crippen molar-refractivity contribution < 1.29 is 57.4 Å². The number of aliphatic carboxylic acids is 1. The molecular weight excluding hydrogens is 470 g/mol. The molecule has 0 saturated heterocycles. The van der Waals surface area contributed by atoms with E-state index in [1.54, 1.807) is 6.92 Å². The van der Waals surface area contributed by atoms with Crippen LogP contribution in [0.5, 0.6) is 0 Å². The van der Waals surface area contributed by atoms with Gasteiger partial charge in [-0.2, -0.15) is 0 Å². The zero-order valence-electron chi connectivity index (χ0n) is 20.5. The Morgan fingerprint density at radius 3 is 1.43 bits per heavy atom. The summed E-state index contributed by atoms with van der Waals surface area (Å²) in [6.07, 6.45) is 0. The second-order valence-electron chi connectivity index (χ2n) is 6.83. The fourth-order valence-electron chi connectivity index (χ4n) is 2.06. The van der Waals surface area contributed by atoms with Crippen LogP contribution in [0.3, 0.4) is 0 Å². The molecule has 0 fully saturated rings. The number of hydrogen-bond donors (Lipinski definition) is 2. The second kappa shape index (κ2) is 25.0. The summed E-state index contributed by atoms with van der Waals surface area (Å²) in [6.45, 7) is 9.61. The maximum absolute atomic E-state index is 11.3. The summed E-state index contributed by atoms with van der Waals surface area (Å²) >= 11 is 0. The van der Waals surface area contributed by atoms with Gasteiger partial charge in [-0.25, -0.2) is 9.59 Å². The molecule has 0 aromatic carbocycles. The number of esters is 1. The molecule has 204 valence electrons. The smallest absolute Gasteiger partial charge is 0.333 e. The van der Waals surface area contributed by atoms with Gasteiger partial charge in [0, 0.05) is 12.1 Å². The highest BCUT2D eigenvalue weighted by molar-refractivity contribution is 5.86. The van der Waals surface area contributed by atoms with E-state index in [1.807, 2.05) is 0 Å². The predicted octanol–water partition coefficient (Wildman–Crippen LogP) is -0.577. The number of carboxylic acid groups (broad SMARTS) is 1. The molecule has 0 aliphatic rings. The van der Waals surface area contributed by atoms with E-state index in [4.69, 9.17) is 38.3 Å². The first-order chi connectivity index (χ1) is 16.9. The van der Waals surface area contributed by atoms with Gasteiger partial charge in [0.15, 0.2) is 0 Å². The SMILES string of the molecule is C=C(C)C(=O)OCCOCCOCCOCCOCCOCCOCCNC(=O)COCC(=O)O. The summed E-state index contributed by atoms with van der Waals surface area (Å²) in [4.78, 5) is 32.7. The van der Waals surface area contributed by atoms with Gasteiger partial charge in [-0.05, 0) is 6.92 Å². The van der Waals surface area contributed by atoms with Gasteiger partial charge in [-0.1, -0.05) is 6.58 Å². The van der Waals surface area contributed by atoms with Crippen LogP contribution in [0.25, 0.3) is 0 Å². The van der Waals surface area contributed by atoms with E-state index in [1.165, 1.54) is 0 Å². The van der Waals surface area contributed by atoms with Crippen molar-refractivity contribution in [2.45, 2.75) is 6.92 Å². The third-order valence-corrected chi connectivity index (χ3v) is 3.70. The number of nitrogens with one attached hydrogen (secondary N) is 1. The fraction of sp³-hybridized carbons (Fsp3) is 0.773. The monoisotopic (exact) mass is 509 g/mol. The van der Waals surface area contributed by atoms with Gasteiger partial charge in [-0.15, -0.1) is 0 Å². The van der Waals surface area contributed by atoms with E-state index < -0.39 is 24.5 Å². The number of hydrogen-bond acceptors (Lipinski definition) is 11. The van der Waals surface area contributed by atoms with Crippen LogP contribution >= 0.6 is 0 Å². The van der Waals surface area contributed by atoms with E-state index in [2.05, 4.69) is 16.6 Å². The van der Waals surface area contributed by atoms with Gasteiger partial charge in [0.05, 0.1) is 79.3 Å². The lowest BCUT2D eigenvalue weighted by atomic mass is 10.4. The molecule has 13 heteroatoms. The van der Waals surface area contributed by atoms with E-state index in [0.29, 0.717) is 91.4 Å². The molecule has 0 bridgehead atoms. The van der Waals surface area contributed by atoms with Crippen molar-refractivity contribution in [3.05, 3.63) is 12.2 Å². The lowest BCUT2D eigenvalue weighted by molar-refractivity contribution is -0.144. The Bertz CT molecular complexity index is 573. The van der Waals surface area contributed by atoms with Crippen LogP contribution in [0.4, 0.5) is 0 Å².